The number of rotatable bonds is 4. The average molecular weight is 277 g/mol. The maximum absolute atomic E-state index is 5.62. The van der Waals surface area contributed by atoms with Crippen molar-refractivity contribution in [2.45, 2.75) is 13.0 Å². The molecule has 100 valence electrons. The van der Waals surface area contributed by atoms with Crippen molar-refractivity contribution in [1.82, 2.24) is 14.1 Å². The van der Waals surface area contributed by atoms with Gasteiger partial charge in [-0.3, -0.25) is 0 Å². The molecule has 0 aliphatic carbocycles. The third-order valence-corrected chi connectivity index (χ3v) is 3.47. The third kappa shape index (κ3) is 2.54. The second-order valence-corrected chi connectivity index (χ2v) is 4.78. The lowest BCUT2D eigenvalue weighted by molar-refractivity contribution is 0.171. The molecule has 1 unspecified atom stereocenters. The number of nitrogens with zero attached hydrogens (tertiary/aromatic N) is 2. The molecule has 2 heterocycles. The predicted octanol–water partition coefficient (Wildman–Crippen LogP) is 2.01. The van der Waals surface area contributed by atoms with Crippen molar-refractivity contribution in [1.29, 1.82) is 0 Å². The first kappa shape index (κ1) is 12.4. The molecule has 19 heavy (non-hydrogen) atoms. The average Bonchev–Trinajstić information content (AvgIpc) is 2.98. The minimum Gasteiger partial charge on any atom is -0.486 e. The van der Waals surface area contributed by atoms with Crippen molar-refractivity contribution in [2.75, 3.05) is 19.8 Å². The zero-order valence-corrected chi connectivity index (χ0v) is 11.4. The van der Waals surface area contributed by atoms with Crippen molar-refractivity contribution >= 4 is 11.7 Å². The third-order valence-electron chi connectivity index (χ3n) is 2.98. The lowest BCUT2D eigenvalue weighted by Crippen LogP contribution is -2.23. The van der Waals surface area contributed by atoms with Crippen molar-refractivity contribution in [3.63, 3.8) is 0 Å². The molecule has 0 bridgehead atoms. The van der Waals surface area contributed by atoms with Crippen molar-refractivity contribution in [3.8, 4) is 11.5 Å². The molecule has 0 saturated heterocycles. The van der Waals surface area contributed by atoms with E-state index in [0.29, 0.717) is 13.2 Å². The summed E-state index contributed by atoms with van der Waals surface area (Å²) in [4.78, 5) is 0. The van der Waals surface area contributed by atoms with Crippen LogP contribution in [0.15, 0.2) is 24.4 Å². The first-order valence-corrected chi connectivity index (χ1v) is 7.02. The Morgan fingerprint density at radius 1 is 1.32 bits per heavy atom. The highest BCUT2D eigenvalue weighted by Gasteiger charge is 2.19. The Hall–Kier alpha value is -1.66. The highest BCUT2D eigenvalue weighted by molar-refractivity contribution is 6.99. The fraction of sp³-hybridized carbons (Fsp3) is 0.385. The van der Waals surface area contributed by atoms with E-state index in [0.717, 1.165) is 29.3 Å². The highest BCUT2D eigenvalue weighted by Crippen LogP contribution is 2.33. The molecule has 0 radical (unpaired) electrons. The summed E-state index contributed by atoms with van der Waals surface area (Å²) in [6.07, 6.45) is 1.80. The molecule has 3 rings (SSSR count). The van der Waals surface area contributed by atoms with Crippen LogP contribution >= 0.6 is 11.7 Å². The van der Waals surface area contributed by atoms with E-state index in [1.54, 1.807) is 6.20 Å². The fourth-order valence-electron chi connectivity index (χ4n) is 2.14. The first-order chi connectivity index (χ1) is 9.38. The maximum Gasteiger partial charge on any atom is 0.161 e. The smallest absolute Gasteiger partial charge is 0.161 e. The summed E-state index contributed by atoms with van der Waals surface area (Å²) >= 11 is 1.22. The summed E-state index contributed by atoms with van der Waals surface area (Å²) in [5.74, 6) is 1.61. The zero-order chi connectivity index (χ0) is 13.1. The van der Waals surface area contributed by atoms with Crippen LogP contribution in [0, 0.1) is 0 Å². The molecule has 1 aromatic heterocycles. The number of hydrogen-bond donors (Lipinski definition) is 1. The monoisotopic (exact) mass is 277 g/mol. The lowest BCUT2D eigenvalue weighted by Gasteiger charge is -2.21. The molecule has 5 nitrogen and oxygen atoms in total. The zero-order valence-electron chi connectivity index (χ0n) is 10.6. The standard InChI is InChI=1S/C13H15N3O2S/c1-2-14-13(10-8-15-19-16-10)9-3-4-11-12(7-9)18-6-5-17-11/h3-4,7-8,13-14H,2,5-6H2,1H3. The van der Waals surface area contributed by atoms with Gasteiger partial charge >= 0.3 is 0 Å². The Morgan fingerprint density at radius 2 is 2.16 bits per heavy atom. The number of fused-ring (bicyclic) bond motifs is 1. The topological polar surface area (TPSA) is 56.3 Å². The summed E-state index contributed by atoms with van der Waals surface area (Å²) < 4.78 is 19.6. The quantitative estimate of drug-likeness (QED) is 0.926. The Morgan fingerprint density at radius 3 is 2.89 bits per heavy atom. The van der Waals surface area contributed by atoms with Gasteiger partial charge in [-0.05, 0) is 24.2 Å². The van der Waals surface area contributed by atoms with E-state index in [-0.39, 0.29) is 6.04 Å². The summed E-state index contributed by atoms with van der Waals surface area (Å²) in [6.45, 7) is 4.14. The molecule has 0 amide bonds. The van der Waals surface area contributed by atoms with Gasteiger partial charge < -0.3 is 14.8 Å². The van der Waals surface area contributed by atoms with Crippen LogP contribution in [0.2, 0.25) is 0 Å². The molecule has 6 heteroatoms. The van der Waals surface area contributed by atoms with Crippen LogP contribution in [-0.4, -0.2) is 28.5 Å². The van der Waals surface area contributed by atoms with Crippen LogP contribution in [0.25, 0.3) is 0 Å². The second-order valence-electron chi connectivity index (χ2n) is 4.23. The summed E-state index contributed by atoms with van der Waals surface area (Å²) in [5.41, 5.74) is 2.04. The SMILES string of the molecule is CCNC(c1ccc2c(c1)OCCO2)c1cnsn1. The van der Waals surface area contributed by atoms with Crippen LogP contribution in [0.5, 0.6) is 11.5 Å². The molecule has 0 spiro atoms. The van der Waals surface area contributed by atoms with Gasteiger partial charge in [-0.25, -0.2) is 0 Å². The van der Waals surface area contributed by atoms with Gasteiger partial charge in [0.2, 0.25) is 0 Å². The summed E-state index contributed by atoms with van der Waals surface area (Å²) in [5, 5.41) is 3.42. The fourth-order valence-corrected chi connectivity index (χ4v) is 2.59. The lowest BCUT2D eigenvalue weighted by atomic mass is 10.0. The molecule has 1 aliphatic heterocycles. The van der Waals surface area contributed by atoms with Crippen molar-refractivity contribution < 1.29 is 9.47 Å². The van der Waals surface area contributed by atoms with Gasteiger partial charge in [0.05, 0.1) is 29.7 Å². The van der Waals surface area contributed by atoms with Gasteiger partial charge in [0.1, 0.15) is 13.2 Å². The molecule has 0 saturated carbocycles. The molecule has 1 N–H and O–H groups in total. The number of benzene rings is 1. The first-order valence-electron chi connectivity index (χ1n) is 6.29. The second kappa shape index (κ2) is 5.54. The van der Waals surface area contributed by atoms with E-state index < -0.39 is 0 Å². The van der Waals surface area contributed by atoms with Gasteiger partial charge in [-0.15, -0.1) is 0 Å². The number of ether oxygens (including phenoxy) is 2. The van der Waals surface area contributed by atoms with Crippen LogP contribution in [0.3, 0.4) is 0 Å². The highest BCUT2D eigenvalue weighted by atomic mass is 32.1. The molecule has 2 aromatic rings. The van der Waals surface area contributed by atoms with E-state index in [9.17, 15) is 0 Å². The Labute approximate surface area is 115 Å². The van der Waals surface area contributed by atoms with Crippen molar-refractivity contribution in [3.05, 3.63) is 35.7 Å². The maximum atomic E-state index is 5.62. The number of nitrogens with one attached hydrogen (secondary N) is 1. The van der Waals surface area contributed by atoms with Crippen LogP contribution in [-0.2, 0) is 0 Å². The molecule has 1 aliphatic rings. The Kier molecular flexibility index (Phi) is 3.61. The molecular weight excluding hydrogens is 262 g/mol. The molecule has 1 aromatic carbocycles. The largest absolute Gasteiger partial charge is 0.486 e. The van der Waals surface area contributed by atoms with Gasteiger partial charge in [-0.2, -0.15) is 8.75 Å². The van der Waals surface area contributed by atoms with Gasteiger partial charge in [0, 0.05) is 0 Å². The van der Waals surface area contributed by atoms with Crippen LogP contribution < -0.4 is 14.8 Å². The molecular formula is C13H15N3O2S. The van der Waals surface area contributed by atoms with Gasteiger partial charge in [0.15, 0.2) is 11.5 Å². The van der Waals surface area contributed by atoms with Crippen LogP contribution in [0.1, 0.15) is 24.2 Å². The summed E-state index contributed by atoms with van der Waals surface area (Å²) in [6, 6.07) is 6.05. The summed E-state index contributed by atoms with van der Waals surface area (Å²) in [7, 11) is 0. The minimum absolute atomic E-state index is 0.0413. The molecule has 0 fully saturated rings. The van der Waals surface area contributed by atoms with Crippen molar-refractivity contribution in [2.24, 2.45) is 0 Å². The number of hydrogen-bond acceptors (Lipinski definition) is 6. The van der Waals surface area contributed by atoms with E-state index in [1.807, 2.05) is 18.2 Å². The Bertz CT molecular complexity index is 545. The van der Waals surface area contributed by atoms with Gasteiger partial charge in [0.25, 0.3) is 0 Å². The van der Waals surface area contributed by atoms with E-state index >= 15 is 0 Å². The number of aromatic nitrogens is 2. The van der Waals surface area contributed by atoms with E-state index in [1.165, 1.54) is 11.7 Å². The Balaban J connectivity index is 1.94. The van der Waals surface area contributed by atoms with Gasteiger partial charge in [-0.1, -0.05) is 13.0 Å². The van der Waals surface area contributed by atoms with E-state index in [4.69, 9.17) is 9.47 Å². The minimum atomic E-state index is 0.0413. The van der Waals surface area contributed by atoms with Crippen LogP contribution in [0.4, 0.5) is 0 Å². The normalized spacial score (nSPS) is 15.2. The predicted molar refractivity (Wildman–Crippen MR) is 72.9 cm³/mol. The van der Waals surface area contributed by atoms with E-state index in [2.05, 4.69) is 21.0 Å². The molecule has 1 atom stereocenters.